The molecule has 0 aliphatic heterocycles. The molecule has 2 nitrogen and oxygen atoms in total. The van der Waals surface area contributed by atoms with Gasteiger partial charge in [-0.1, -0.05) is 32.4 Å². The molecule has 0 radical (unpaired) electrons. The third kappa shape index (κ3) is 3.86. The first-order valence-corrected chi connectivity index (χ1v) is 6.25. The summed E-state index contributed by atoms with van der Waals surface area (Å²) < 4.78 is 0. The highest BCUT2D eigenvalue weighted by Gasteiger charge is 2.11. The van der Waals surface area contributed by atoms with E-state index in [1.807, 2.05) is 12.1 Å². The van der Waals surface area contributed by atoms with Crippen molar-refractivity contribution < 1.29 is 0 Å². The van der Waals surface area contributed by atoms with Crippen LogP contribution in [0.5, 0.6) is 0 Å². The Morgan fingerprint density at radius 3 is 2.31 bits per heavy atom. The Morgan fingerprint density at radius 2 is 1.81 bits per heavy atom. The Bertz CT molecular complexity index is 292. The molecule has 0 amide bonds. The molecule has 0 aliphatic carbocycles. The van der Waals surface area contributed by atoms with Gasteiger partial charge in [0.05, 0.1) is 0 Å². The number of rotatable bonds is 6. The normalized spacial score (nSPS) is 13.0. The Labute approximate surface area is 99.5 Å². The zero-order valence-electron chi connectivity index (χ0n) is 10.7. The van der Waals surface area contributed by atoms with Gasteiger partial charge in [0.25, 0.3) is 0 Å². The van der Waals surface area contributed by atoms with Gasteiger partial charge < -0.3 is 5.73 Å². The maximum absolute atomic E-state index is 5.68. The molecule has 0 aromatic heterocycles. The van der Waals surface area contributed by atoms with Gasteiger partial charge in [-0.05, 0) is 37.6 Å². The van der Waals surface area contributed by atoms with Crippen molar-refractivity contribution in [3.8, 4) is 0 Å². The van der Waals surface area contributed by atoms with Gasteiger partial charge in [0.1, 0.15) is 0 Å². The third-order valence-electron chi connectivity index (χ3n) is 3.10. The maximum Gasteiger partial charge on any atom is 0.0314 e. The summed E-state index contributed by atoms with van der Waals surface area (Å²) in [5, 5.41) is 0. The monoisotopic (exact) mass is 220 g/mol. The highest BCUT2D eigenvalue weighted by atomic mass is 15.1. The number of benzene rings is 1. The second-order valence-corrected chi connectivity index (χ2v) is 4.44. The second kappa shape index (κ2) is 6.54. The van der Waals surface area contributed by atoms with Crippen LogP contribution in [-0.2, 0) is 6.54 Å². The van der Waals surface area contributed by atoms with Crippen LogP contribution in [-0.4, -0.2) is 17.5 Å². The van der Waals surface area contributed by atoms with Crippen LogP contribution in [0.1, 0.15) is 39.2 Å². The summed E-state index contributed by atoms with van der Waals surface area (Å²) >= 11 is 0. The maximum atomic E-state index is 5.68. The molecule has 0 heterocycles. The average molecular weight is 220 g/mol. The first-order valence-electron chi connectivity index (χ1n) is 6.25. The molecule has 1 atom stereocenters. The van der Waals surface area contributed by atoms with Gasteiger partial charge in [-0.2, -0.15) is 0 Å². The van der Waals surface area contributed by atoms with Crippen LogP contribution in [0.3, 0.4) is 0 Å². The molecule has 1 aromatic carbocycles. The lowest BCUT2D eigenvalue weighted by Crippen LogP contribution is -2.32. The lowest BCUT2D eigenvalue weighted by Gasteiger charge is -2.27. The van der Waals surface area contributed by atoms with Crippen molar-refractivity contribution in [3.63, 3.8) is 0 Å². The fourth-order valence-corrected chi connectivity index (χ4v) is 2.04. The van der Waals surface area contributed by atoms with Crippen molar-refractivity contribution in [2.45, 2.75) is 46.2 Å². The fourth-order valence-electron chi connectivity index (χ4n) is 2.04. The summed E-state index contributed by atoms with van der Waals surface area (Å²) in [6.07, 6.45) is 2.52. The number of nitrogens with two attached hydrogens (primary N) is 1. The molecule has 0 aliphatic rings. The minimum Gasteiger partial charge on any atom is -0.399 e. The molecule has 1 rings (SSSR count). The lowest BCUT2D eigenvalue weighted by atomic mass is 10.1. The fraction of sp³-hybridized carbons (Fsp3) is 0.571. The molecular weight excluding hydrogens is 196 g/mol. The summed E-state index contributed by atoms with van der Waals surface area (Å²) in [5.41, 5.74) is 7.87. The van der Waals surface area contributed by atoms with E-state index in [0.29, 0.717) is 6.04 Å². The standard InChI is InChI=1S/C14H24N2/c1-4-6-12(3)16(5-2)11-13-7-9-14(15)10-8-13/h7-10,12H,4-6,11,15H2,1-3H3. The van der Waals surface area contributed by atoms with Crippen LogP contribution < -0.4 is 5.73 Å². The summed E-state index contributed by atoms with van der Waals surface area (Å²) in [7, 11) is 0. The smallest absolute Gasteiger partial charge is 0.0314 e. The molecule has 0 fully saturated rings. The Hall–Kier alpha value is -1.02. The third-order valence-corrected chi connectivity index (χ3v) is 3.10. The molecule has 0 spiro atoms. The molecule has 2 N–H and O–H groups in total. The summed E-state index contributed by atoms with van der Waals surface area (Å²) in [6, 6.07) is 8.86. The number of nitrogen functional groups attached to an aromatic ring is 1. The van der Waals surface area contributed by atoms with Gasteiger partial charge >= 0.3 is 0 Å². The minimum atomic E-state index is 0.660. The van der Waals surface area contributed by atoms with E-state index in [0.717, 1.165) is 18.8 Å². The molecule has 90 valence electrons. The molecule has 0 saturated carbocycles. The van der Waals surface area contributed by atoms with Crippen molar-refractivity contribution >= 4 is 5.69 Å². The molecule has 1 aromatic rings. The zero-order chi connectivity index (χ0) is 12.0. The number of anilines is 1. The van der Waals surface area contributed by atoms with Crippen molar-refractivity contribution in [2.75, 3.05) is 12.3 Å². The highest BCUT2D eigenvalue weighted by Crippen LogP contribution is 2.13. The van der Waals surface area contributed by atoms with Crippen LogP contribution >= 0.6 is 0 Å². The highest BCUT2D eigenvalue weighted by molar-refractivity contribution is 5.39. The average Bonchev–Trinajstić information content (AvgIpc) is 2.28. The van der Waals surface area contributed by atoms with Gasteiger partial charge in [0, 0.05) is 18.3 Å². The van der Waals surface area contributed by atoms with Crippen LogP contribution in [0.2, 0.25) is 0 Å². The SMILES string of the molecule is CCCC(C)N(CC)Cc1ccc(N)cc1. The van der Waals surface area contributed by atoms with E-state index in [1.54, 1.807) is 0 Å². The molecular formula is C14H24N2. The quantitative estimate of drug-likeness (QED) is 0.745. The van der Waals surface area contributed by atoms with Crippen LogP contribution in [0.4, 0.5) is 5.69 Å². The van der Waals surface area contributed by atoms with Gasteiger partial charge in [-0.25, -0.2) is 0 Å². The predicted octanol–water partition coefficient (Wildman–Crippen LogP) is 3.28. The van der Waals surface area contributed by atoms with Crippen LogP contribution in [0, 0.1) is 0 Å². The predicted molar refractivity (Wildman–Crippen MR) is 71.3 cm³/mol. The van der Waals surface area contributed by atoms with E-state index >= 15 is 0 Å². The van der Waals surface area contributed by atoms with E-state index in [4.69, 9.17) is 5.73 Å². The van der Waals surface area contributed by atoms with E-state index in [1.165, 1.54) is 18.4 Å². The Morgan fingerprint density at radius 1 is 1.19 bits per heavy atom. The first kappa shape index (κ1) is 13.0. The van der Waals surface area contributed by atoms with E-state index in [9.17, 15) is 0 Å². The van der Waals surface area contributed by atoms with E-state index < -0.39 is 0 Å². The minimum absolute atomic E-state index is 0.660. The lowest BCUT2D eigenvalue weighted by molar-refractivity contribution is 0.200. The summed E-state index contributed by atoms with van der Waals surface area (Å²) in [4.78, 5) is 2.51. The van der Waals surface area contributed by atoms with Crippen LogP contribution in [0.15, 0.2) is 24.3 Å². The van der Waals surface area contributed by atoms with E-state index in [2.05, 4.69) is 37.8 Å². The van der Waals surface area contributed by atoms with Gasteiger partial charge in [0.15, 0.2) is 0 Å². The number of hydrogen-bond donors (Lipinski definition) is 1. The summed E-state index contributed by atoms with van der Waals surface area (Å²) in [5.74, 6) is 0. The second-order valence-electron chi connectivity index (χ2n) is 4.44. The van der Waals surface area contributed by atoms with Crippen molar-refractivity contribution in [3.05, 3.63) is 29.8 Å². The molecule has 0 bridgehead atoms. The number of nitrogens with zero attached hydrogens (tertiary/aromatic N) is 1. The zero-order valence-corrected chi connectivity index (χ0v) is 10.7. The largest absolute Gasteiger partial charge is 0.399 e. The number of hydrogen-bond acceptors (Lipinski definition) is 2. The Balaban J connectivity index is 2.59. The molecule has 2 heteroatoms. The van der Waals surface area contributed by atoms with E-state index in [-0.39, 0.29) is 0 Å². The van der Waals surface area contributed by atoms with Crippen LogP contribution in [0.25, 0.3) is 0 Å². The summed E-state index contributed by atoms with van der Waals surface area (Å²) in [6.45, 7) is 8.91. The van der Waals surface area contributed by atoms with Gasteiger partial charge in [0.2, 0.25) is 0 Å². The van der Waals surface area contributed by atoms with Gasteiger partial charge in [-0.3, -0.25) is 4.90 Å². The van der Waals surface area contributed by atoms with Gasteiger partial charge in [-0.15, -0.1) is 0 Å². The molecule has 1 unspecified atom stereocenters. The Kier molecular flexibility index (Phi) is 5.33. The first-order chi connectivity index (χ1) is 7.67. The molecule has 0 saturated heterocycles. The topological polar surface area (TPSA) is 29.3 Å². The van der Waals surface area contributed by atoms with Crippen molar-refractivity contribution in [1.29, 1.82) is 0 Å². The molecule has 16 heavy (non-hydrogen) atoms. The van der Waals surface area contributed by atoms with Crippen molar-refractivity contribution in [2.24, 2.45) is 0 Å². The van der Waals surface area contributed by atoms with Crippen molar-refractivity contribution in [1.82, 2.24) is 4.90 Å².